The fourth-order valence-corrected chi connectivity index (χ4v) is 8.03. The first kappa shape index (κ1) is 34.7. The van der Waals surface area contributed by atoms with Crippen LogP contribution in [0.15, 0.2) is 43.7 Å². The van der Waals surface area contributed by atoms with Gasteiger partial charge in [-0.3, -0.25) is 19.2 Å². The summed E-state index contributed by atoms with van der Waals surface area (Å²) in [5.41, 5.74) is 8.36. The van der Waals surface area contributed by atoms with Crippen LogP contribution < -0.4 is 16.5 Å². The van der Waals surface area contributed by atoms with Gasteiger partial charge in [0.25, 0.3) is 11.8 Å². The van der Waals surface area contributed by atoms with Crippen LogP contribution in [0.2, 0.25) is 0 Å². The van der Waals surface area contributed by atoms with Gasteiger partial charge in [-0.15, -0.1) is 45.7 Å². The third-order valence-electron chi connectivity index (χ3n) is 6.43. The smallest absolute Gasteiger partial charge is 0.313 e. The highest BCUT2D eigenvalue weighted by Gasteiger charge is 2.57. The van der Waals surface area contributed by atoms with Crippen molar-refractivity contribution in [2.75, 3.05) is 30.4 Å². The minimum Gasteiger partial charge on any atom is -0.504 e. The largest absolute Gasteiger partial charge is 0.504 e. The number of aromatic nitrogens is 3. The summed E-state index contributed by atoms with van der Waals surface area (Å²) in [7, 11) is 0. The zero-order valence-corrected chi connectivity index (χ0v) is 27.2. The van der Waals surface area contributed by atoms with E-state index in [4.69, 9.17) is 10.6 Å². The van der Waals surface area contributed by atoms with Crippen LogP contribution >= 0.6 is 58.6 Å². The average molecular weight is 730 g/mol. The number of thiazole rings is 1. The van der Waals surface area contributed by atoms with Gasteiger partial charge in [0.15, 0.2) is 33.3 Å². The Kier molecular flexibility index (Phi) is 11.3. The number of carbonyl (C=O) groups is 4. The molecule has 2 aliphatic rings. The Morgan fingerprint density at radius 1 is 1.26 bits per heavy atom. The molecule has 2 aromatic heterocycles. The number of β-lactam (4-membered cyclic amide) rings is 1. The maximum Gasteiger partial charge on any atom is 0.313 e. The SMILES string of the molecule is Cl.Nc1nc(C(=NOCC(=O)NN=Cc2ccc(O)c(O)c2)C(=O)NC2C(=O)N3CC(CSc4nncs4)(C(=O)O)CS[C@H]23)cs1. The minimum atomic E-state index is -1.21. The number of hydrazone groups is 1. The number of phenols is 2. The molecular formula is C24H24ClN9O8S4. The van der Waals surface area contributed by atoms with E-state index in [1.54, 1.807) is 5.51 Å². The molecule has 17 nitrogen and oxygen atoms in total. The summed E-state index contributed by atoms with van der Waals surface area (Å²) in [6.07, 6.45) is 1.22. The first-order chi connectivity index (χ1) is 21.6. The van der Waals surface area contributed by atoms with Crippen LogP contribution in [0.1, 0.15) is 11.3 Å². The molecule has 4 heterocycles. The number of carbonyl (C=O) groups excluding carboxylic acids is 3. The molecule has 3 aromatic rings. The average Bonchev–Trinajstić information content (AvgIpc) is 3.70. The number of thioether (sulfide) groups is 2. The van der Waals surface area contributed by atoms with Crippen molar-refractivity contribution >= 4 is 99.4 Å². The van der Waals surface area contributed by atoms with Gasteiger partial charge in [0.1, 0.15) is 28.0 Å². The minimum absolute atomic E-state index is 0. The summed E-state index contributed by atoms with van der Waals surface area (Å²) >= 11 is 4.84. The van der Waals surface area contributed by atoms with Gasteiger partial charge in [-0.05, 0) is 23.8 Å². The molecular weight excluding hydrogens is 706 g/mol. The molecule has 0 saturated carbocycles. The summed E-state index contributed by atoms with van der Waals surface area (Å²) in [5.74, 6) is -3.31. The van der Waals surface area contributed by atoms with Gasteiger partial charge in [-0.2, -0.15) is 5.10 Å². The van der Waals surface area contributed by atoms with Crippen LogP contribution in [-0.2, 0) is 24.0 Å². The number of nitrogens with zero attached hydrogens (tertiary/aromatic N) is 6. The Morgan fingerprint density at radius 3 is 2.74 bits per heavy atom. The zero-order valence-electron chi connectivity index (χ0n) is 23.1. The number of benzene rings is 1. The summed E-state index contributed by atoms with van der Waals surface area (Å²) in [4.78, 5) is 61.3. The predicted octanol–water partition coefficient (Wildman–Crippen LogP) is 0.544. The van der Waals surface area contributed by atoms with Gasteiger partial charge in [-0.25, -0.2) is 10.4 Å². The molecule has 5 rings (SSSR count). The monoisotopic (exact) mass is 729 g/mol. The highest BCUT2D eigenvalue weighted by Crippen LogP contribution is 2.44. The molecule has 7 N–H and O–H groups in total. The van der Waals surface area contributed by atoms with E-state index in [1.807, 2.05) is 0 Å². The van der Waals surface area contributed by atoms with Crippen LogP contribution in [0.5, 0.6) is 11.5 Å². The first-order valence-electron chi connectivity index (χ1n) is 12.7. The van der Waals surface area contributed by atoms with E-state index in [1.165, 1.54) is 69.6 Å². The Balaban J connectivity index is 0.00000480. The Bertz CT molecular complexity index is 1670. The van der Waals surface area contributed by atoms with E-state index in [2.05, 4.69) is 36.2 Å². The molecule has 1 aromatic carbocycles. The van der Waals surface area contributed by atoms with Crippen molar-refractivity contribution in [3.05, 3.63) is 40.3 Å². The number of anilines is 1. The van der Waals surface area contributed by atoms with Crippen molar-refractivity contribution in [1.29, 1.82) is 0 Å². The number of aliphatic carboxylic acids is 1. The molecule has 0 spiro atoms. The van der Waals surface area contributed by atoms with E-state index in [0.29, 0.717) is 9.90 Å². The normalized spacial score (nSPS) is 20.7. The fraction of sp³-hybridized carbons (Fsp3) is 0.292. The number of fused-ring (bicyclic) bond motifs is 1. The number of nitrogens with two attached hydrogens (primary N) is 1. The Morgan fingerprint density at radius 2 is 2.07 bits per heavy atom. The standard InChI is InChI=1S/C24H23N9O8S4.ClH/c25-22-28-12(6-42-22)16(32-41-5-15(36)30-26-4-11-1-2-13(34)14(35)3-11)18(37)29-17-19(38)33-7-24(21(39)40,8-43-20(17)33)9-44-23-31-27-10-45-23;/h1-4,6,10,17,20,34-35H,5,7-9H2,(H2,25,28)(H,29,37)(H,30,36)(H,39,40);1H/t17?,20-,24?;/m1./s1. The number of oxime groups is 1. The quantitative estimate of drug-likeness (QED) is 0.0489. The van der Waals surface area contributed by atoms with Gasteiger partial charge >= 0.3 is 5.97 Å². The van der Waals surface area contributed by atoms with E-state index in [-0.39, 0.29) is 58.5 Å². The lowest BCUT2D eigenvalue weighted by Crippen LogP contribution is -2.74. The fourth-order valence-electron chi connectivity index (χ4n) is 4.13. The van der Waals surface area contributed by atoms with Gasteiger partial charge < -0.3 is 36.1 Å². The second-order valence-corrected chi connectivity index (χ2v) is 13.6. The number of carboxylic acid groups (broad SMARTS) is 1. The molecule has 22 heteroatoms. The first-order valence-corrected chi connectivity index (χ1v) is 16.5. The molecule has 2 unspecified atom stereocenters. The molecule has 0 aliphatic carbocycles. The number of carboxylic acids is 1. The van der Waals surface area contributed by atoms with Crippen LogP contribution in [0.25, 0.3) is 0 Å². The lowest BCUT2D eigenvalue weighted by molar-refractivity contribution is -0.157. The summed E-state index contributed by atoms with van der Waals surface area (Å²) < 4.78 is 0.625. The molecule has 0 radical (unpaired) electrons. The van der Waals surface area contributed by atoms with E-state index >= 15 is 0 Å². The topological polar surface area (TPSA) is 255 Å². The predicted molar refractivity (Wildman–Crippen MR) is 172 cm³/mol. The molecule has 0 bridgehead atoms. The third-order valence-corrected chi connectivity index (χ3v) is 10.8. The highest BCUT2D eigenvalue weighted by atomic mass is 35.5. The van der Waals surface area contributed by atoms with E-state index in [9.17, 15) is 34.5 Å². The van der Waals surface area contributed by atoms with Crippen molar-refractivity contribution in [1.82, 2.24) is 30.8 Å². The molecule has 46 heavy (non-hydrogen) atoms. The summed E-state index contributed by atoms with van der Waals surface area (Å²) in [6.45, 7) is -0.676. The molecule has 2 fully saturated rings. The number of hydrogen-bond acceptors (Lipinski definition) is 17. The maximum absolute atomic E-state index is 13.3. The van der Waals surface area contributed by atoms with Crippen molar-refractivity contribution in [3.63, 3.8) is 0 Å². The lowest BCUT2D eigenvalue weighted by atomic mass is 9.89. The number of aromatic hydroxyl groups is 2. The maximum atomic E-state index is 13.3. The van der Waals surface area contributed by atoms with Gasteiger partial charge in [0, 0.05) is 23.4 Å². The Labute approximate surface area is 282 Å². The van der Waals surface area contributed by atoms with Crippen molar-refractivity contribution in [3.8, 4) is 11.5 Å². The van der Waals surface area contributed by atoms with E-state index < -0.39 is 47.1 Å². The molecule has 2 saturated heterocycles. The lowest BCUT2D eigenvalue weighted by Gasteiger charge is -2.53. The number of nitrogen functional groups attached to an aromatic ring is 1. The van der Waals surface area contributed by atoms with Crippen LogP contribution in [0, 0.1) is 5.41 Å². The van der Waals surface area contributed by atoms with Crippen molar-refractivity contribution in [2.24, 2.45) is 15.7 Å². The van der Waals surface area contributed by atoms with E-state index in [0.717, 1.165) is 11.3 Å². The summed E-state index contributed by atoms with van der Waals surface area (Å²) in [5, 5.41) is 47.8. The van der Waals surface area contributed by atoms with Gasteiger partial charge in [0.05, 0.1) is 6.21 Å². The second-order valence-electron chi connectivity index (χ2n) is 9.52. The third kappa shape index (κ3) is 7.78. The number of nitrogens with one attached hydrogen (secondary N) is 2. The van der Waals surface area contributed by atoms with Crippen molar-refractivity contribution < 1.29 is 39.3 Å². The number of rotatable bonds is 12. The van der Waals surface area contributed by atoms with Crippen LogP contribution in [0.3, 0.4) is 0 Å². The van der Waals surface area contributed by atoms with Crippen molar-refractivity contribution in [2.45, 2.75) is 15.8 Å². The molecule has 2 aliphatic heterocycles. The number of halogens is 1. The Hall–Kier alpha value is -4.18. The summed E-state index contributed by atoms with van der Waals surface area (Å²) in [6, 6.07) is 2.99. The van der Waals surface area contributed by atoms with Gasteiger partial charge in [0.2, 0.25) is 5.91 Å². The van der Waals surface area contributed by atoms with Crippen LogP contribution in [0.4, 0.5) is 5.13 Å². The van der Waals surface area contributed by atoms with Crippen LogP contribution in [-0.4, -0.2) is 107 Å². The molecule has 3 amide bonds. The number of amides is 3. The molecule has 244 valence electrons. The zero-order chi connectivity index (χ0) is 32.1. The molecule has 3 atom stereocenters. The highest BCUT2D eigenvalue weighted by molar-refractivity contribution is 8.01. The second kappa shape index (κ2) is 14.9. The number of phenolic OH excluding ortho intramolecular Hbond substituents is 2. The number of hydrogen-bond donors (Lipinski definition) is 6. The van der Waals surface area contributed by atoms with Gasteiger partial charge in [-0.1, -0.05) is 28.3 Å².